The first-order valence-electron chi connectivity index (χ1n) is 4.93. The summed E-state index contributed by atoms with van der Waals surface area (Å²) in [5.41, 5.74) is 1.43. The lowest BCUT2D eigenvalue weighted by atomic mass is 10.0. The van der Waals surface area contributed by atoms with E-state index in [0.717, 1.165) is 11.8 Å². The van der Waals surface area contributed by atoms with Gasteiger partial charge in [-0.05, 0) is 29.7 Å². The summed E-state index contributed by atoms with van der Waals surface area (Å²) in [5.74, 6) is 0.500. The van der Waals surface area contributed by atoms with Crippen molar-refractivity contribution in [2.24, 2.45) is 0 Å². The van der Waals surface area contributed by atoms with E-state index in [-0.39, 0.29) is 11.7 Å². The largest absolute Gasteiger partial charge is 0.508 e. The second-order valence-electron chi connectivity index (χ2n) is 3.09. The van der Waals surface area contributed by atoms with Crippen molar-refractivity contribution in [2.75, 3.05) is 0 Å². The molecule has 0 spiro atoms. The number of benzene rings is 1. The summed E-state index contributed by atoms with van der Waals surface area (Å²) in [6, 6.07) is 4.88. The first-order valence-corrected chi connectivity index (χ1v) is 4.93. The van der Waals surface area contributed by atoms with Crippen LogP contribution in [-0.2, 0) is 0 Å². The van der Waals surface area contributed by atoms with Gasteiger partial charge in [0.15, 0.2) is 0 Å². The van der Waals surface area contributed by atoms with Gasteiger partial charge in [0, 0.05) is 5.56 Å². The van der Waals surface area contributed by atoms with Gasteiger partial charge in [-0.2, -0.15) is 0 Å². The summed E-state index contributed by atoms with van der Waals surface area (Å²) in [5, 5.41) is 9.38. The van der Waals surface area contributed by atoms with Crippen LogP contribution in [0.5, 0.6) is 5.75 Å². The molecule has 0 aliphatic heterocycles. The quantitative estimate of drug-likeness (QED) is 0.733. The van der Waals surface area contributed by atoms with Gasteiger partial charge in [0.2, 0.25) is 0 Å². The van der Waals surface area contributed by atoms with Crippen molar-refractivity contribution < 1.29 is 9.90 Å². The molecule has 0 heterocycles. The van der Waals surface area contributed by atoms with Gasteiger partial charge in [-0.3, -0.25) is 4.79 Å². The Kier molecular flexibility index (Phi) is 5.61. The van der Waals surface area contributed by atoms with Gasteiger partial charge in [-0.15, -0.1) is 0 Å². The van der Waals surface area contributed by atoms with Crippen LogP contribution in [0.15, 0.2) is 18.2 Å². The third-order valence-electron chi connectivity index (χ3n) is 1.81. The molecule has 0 saturated heterocycles. The predicted molar refractivity (Wildman–Crippen MR) is 58.9 cm³/mol. The molecule has 0 aliphatic rings. The molecule has 14 heavy (non-hydrogen) atoms. The van der Waals surface area contributed by atoms with Crippen LogP contribution >= 0.6 is 0 Å². The maximum absolute atomic E-state index is 10.4. The van der Waals surface area contributed by atoms with E-state index in [0.29, 0.717) is 5.56 Å². The molecule has 2 nitrogen and oxygen atoms in total. The number of hydrogen-bond donors (Lipinski definition) is 1. The molecule has 0 aromatic heterocycles. The maximum atomic E-state index is 10.4. The van der Waals surface area contributed by atoms with Crippen LogP contribution in [0.3, 0.4) is 0 Å². The van der Waals surface area contributed by atoms with Gasteiger partial charge in [-0.1, -0.05) is 27.7 Å². The van der Waals surface area contributed by atoms with E-state index in [2.05, 4.69) is 0 Å². The summed E-state index contributed by atoms with van der Waals surface area (Å²) < 4.78 is 0. The molecule has 0 amide bonds. The minimum atomic E-state index is 0.241. The first-order chi connectivity index (χ1) is 6.65. The highest BCUT2D eigenvalue weighted by molar-refractivity contribution is 5.75. The number of aromatic hydroxyl groups is 1. The Morgan fingerprint density at radius 2 is 1.86 bits per heavy atom. The van der Waals surface area contributed by atoms with Gasteiger partial charge < -0.3 is 5.11 Å². The van der Waals surface area contributed by atoms with Crippen molar-refractivity contribution in [3.05, 3.63) is 29.3 Å². The summed E-state index contributed by atoms with van der Waals surface area (Å²) in [6.07, 6.45) is 0.783. The van der Waals surface area contributed by atoms with Crippen LogP contribution in [0.2, 0.25) is 0 Å². The van der Waals surface area contributed by atoms with E-state index in [1.54, 1.807) is 18.2 Å². The Bertz CT molecular complexity index is 290. The second kappa shape index (κ2) is 6.19. The highest BCUT2D eigenvalue weighted by atomic mass is 16.3. The highest BCUT2D eigenvalue weighted by Crippen LogP contribution is 2.25. The van der Waals surface area contributed by atoms with Crippen molar-refractivity contribution >= 4 is 6.29 Å². The van der Waals surface area contributed by atoms with E-state index < -0.39 is 0 Å². The standard InChI is InChI=1S/C10H12O2.C2H6/c1-7(2)9-5-8(6-11)3-4-10(9)12;1-2/h3-7,12H,1-2H3;1-2H3. The van der Waals surface area contributed by atoms with Gasteiger partial charge in [0.1, 0.15) is 12.0 Å². The summed E-state index contributed by atoms with van der Waals surface area (Å²) in [4.78, 5) is 10.4. The van der Waals surface area contributed by atoms with Crippen LogP contribution in [0.25, 0.3) is 0 Å². The Morgan fingerprint density at radius 1 is 1.29 bits per heavy atom. The van der Waals surface area contributed by atoms with Crippen molar-refractivity contribution in [3.8, 4) is 5.75 Å². The predicted octanol–water partition coefficient (Wildman–Crippen LogP) is 3.35. The van der Waals surface area contributed by atoms with Gasteiger partial charge in [0.05, 0.1) is 0 Å². The highest BCUT2D eigenvalue weighted by Gasteiger charge is 2.05. The normalized spacial score (nSPS) is 9.21. The molecular formula is C12H18O2. The zero-order chi connectivity index (χ0) is 11.1. The average molecular weight is 194 g/mol. The number of phenols is 1. The molecule has 0 unspecified atom stereocenters. The zero-order valence-electron chi connectivity index (χ0n) is 9.24. The average Bonchev–Trinajstić information content (AvgIpc) is 2.21. The molecule has 1 rings (SSSR count). The molecule has 1 aromatic rings. The lowest BCUT2D eigenvalue weighted by Crippen LogP contribution is -1.90. The fourth-order valence-electron chi connectivity index (χ4n) is 1.11. The number of hydrogen-bond acceptors (Lipinski definition) is 2. The van der Waals surface area contributed by atoms with E-state index >= 15 is 0 Å². The molecule has 1 N–H and O–H groups in total. The summed E-state index contributed by atoms with van der Waals surface area (Å²) in [7, 11) is 0. The van der Waals surface area contributed by atoms with Crippen molar-refractivity contribution in [1.29, 1.82) is 0 Å². The van der Waals surface area contributed by atoms with Crippen LogP contribution in [-0.4, -0.2) is 11.4 Å². The molecule has 0 atom stereocenters. The molecule has 0 bridgehead atoms. The zero-order valence-corrected chi connectivity index (χ0v) is 9.24. The molecule has 0 fully saturated rings. The minimum Gasteiger partial charge on any atom is -0.508 e. The van der Waals surface area contributed by atoms with Crippen LogP contribution in [0.4, 0.5) is 0 Å². The Hall–Kier alpha value is -1.31. The van der Waals surface area contributed by atoms with Gasteiger partial charge >= 0.3 is 0 Å². The SMILES string of the molecule is CC.CC(C)c1cc(C=O)ccc1O. The number of phenolic OH excluding ortho intramolecular Hbond substituents is 1. The van der Waals surface area contributed by atoms with Crippen molar-refractivity contribution in [2.45, 2.75) is 33.6 Å². The third-order valence-corrected chi connectivity index (χ3v) is 1.81. The molecular weight excluding hydrogens is 176 g/mol. The smallest absolute Gasteiger partial charge is 0.150 e. The Labute approximate surface area is 85.6 Å². The summed E-state index contributed by atoms with van der Waals surface area (Å²) >= 11 is 0. The second-order valence-corrected chi connectivity index (χ2v) is 3.09. The van der Waals surface area contributed by atoms with Crippen LogP contribution < -0.4 is 0 Å². The Morgan fingerprint density at radius 3 is 2.29 bits per heavy atom. The third kappa shape index (κ3) is 3.21. The van der Waals surface area contributed by atoms with Gasteiger partial charge in [0.25, 0.3) is 0 Å². The lowest BCUT2D eigenvalue weighted by Gasteiger charge is -2.07. The monoisotopic (exact) mass is 194 g/mol. The van der Waals surface area contributed by atoms with E-state index in [4.69, 9.17) is 0 Å². The number of carbonyl (C=O) groups is 1. The fraction of sp³-hybridized carbons (Fsp3) is 0.417. The van der Waals surface area contributed by atoms with Crippen molar-refractivity contribution in [3.63, 3.8) is 0 Å². The number of aldehydes is 1. The van der Waals surface area contributed by atoms with E-state index in [1.165, 1.54) is 0 Å². The molecule has 0 aliphatic carbocycles. The molecule has 1 aromatic carbocycles. The molecule has 0 radical (unpaired) electrons. The van der Waals surface area contributed by atoms with E-state index in [1.807, 2.05) is 27.7 Å². The fourth-order valence-corrected chi connectivity index (χ4v) is 1.11. The van der Waals surface area contributed by atoms with Gasteiger partial charge in [-0.25, -0.2) is 0 Å². The number of rotatable bonds is 2. The maximum Gasteiger partial charge on any atom is 0.150 e. The van der Waals surface area contributed by atoms with Crippen LogP contribution in [0, 0.1) is 0 Å². The lowest BCUT2D eigenvalue weighted by molar-refractivity contribution is 0.112. The first kappa shape index (κ1) is 12.7. The minimum absolute atomic E-state index is 0.241. The van der Waals surface area contributed by atoms with Crippen LogP contribution in [0.1, 0.15) is 49.5 Å². The molecule has 78 valence electrons. The number of carbonyl (C=O) groups excluding carboxylic acids is 1. The molecule has 2 heteroatoms. The van der Waals surface area contributed by atoms with E-state index in [9.17, 15) is 9.90 Å². The Balaban J connectivity index is 0.000000791. The molecule has 0 saturated carbocycles. The van der Waals surface area contributed by atoms with Crippen molar-refractivity contribution in [1.82, 2.24) is 0 Å². The summed E-state index contributed by atoms with van der Waals surface area (Å²) in [6.45, 7) is 7.95. The topological polar surface area (TPSA) is 37.3 Å².